The Bertz CT molecular complexity index is 594. The fourth-order valence-corrected chi connectivity index (χ4v) is 2.06. The molecule has 6 nitrogen and oxygen atoms in total. The van der Waals surface area contributed by atoms with E-state index in [0.717, 1.165) is 23.2 Å². The molecule has 1 amide bonds. The van der Waals surface area contributed by atoms with E-state index in [0.29, 0.717) is 6.61 Å². The number of anilines is 1. The molecular weight excluding hydrogens is 286 g/mol. The number of rotatable bonds is 5. The molecule has 118 valence electrons. The summed E-state index contributed by atoms with van der Waals surface area (Å²) in [7, 11) is 0. The number of hydrogen-bond donors (Lipinski definition) is 1. The molecule has 0 radical (unpaired) electrons. The highest BCUT2D eigenvalue weighted by molar-refractivity contribution is 5.95. The lowest BCUT2D eigenvalue weighted by molar-refractivity contribution is -0.148. The molecule has 0 bridgehead atoms. The first-order valence-corrected chi connectivity index (χ1v) is 7.12. The highest BCUT2D eigenvalue weighted by atomic mass is 16.6. The fourth-order valence-electron chi connectivity index (χ4n) is 2.06. The van der Waals surface area contributed by atoms with Crippen LogP contribution in [0.25, 0.3) is 0 Å². The number of ether oxygens (including phenoxy) is 3. The van der Waals surface area contributed by atoms with Crippen molar-refractivity contribution in [3.8, 4) is 0 Å². The molecule has 0 fully saturated rings. The Kier molecular flexibility index (Phi) is 5.41. The second-order valence-electron chi connectivity index (χ2n) is 4.79. The van der Waals surface area contributed by atoms with Crippen LogP contribution >= 0.6 is 0 Å². The summed E-state index contributed by atoms with van der Waals surface area (Å²) in [5.41, 5.74) is 2.76. The van der Waals surface area contributed by atoms with Gasteiger partial charge in [0.25, 0.3) is 5.91 Å². The minimum absolute atomic E-state index is 0.0239. The number of hydrogen-bond acceptors (Lipinski definition) is 5. The lowest BCUT2D eigenvalue weighted by Crippen LogP contribution is -2.24. The van der Waals surface area contributed by atoms with Crippen molar-refractivity contribution in [3.05, 3.63) is 41.3 Å². The Hall–Kier alpha value is -2.50. The number of nitrogens with one attached hydrogen (secondary N) is 1. The Morgan fingerprint density at radius 3 is 2.82 bits per heavy atom. The molecule has 0 atom stereocenters. The number of benzene rings is 1. The maximum Gasteiger partial charge on any atom is 0.377 e. The van der Waals surface area contributed by atoms with Gasteiger partial charge in [0.1, 0.15) is 19.5 Å². The molecule has 2 rings (SSSR count). The molecule has 1 N–H and O–H groups in total. The third-order valence-electron chi connectivity index (χ3n) is 3.19. The Morgan fingerprint density at radius 1 is 1.32 bits per heavy atom. The molecule has 0 aliphatic carbocycles. The third-order valence-corrected chi connectivity index (χ3v) is 3.19. The van der Waals surface area contributed by atoms with Crippen molar-refractivity contribution in [2.75, 3.05) is 25.1 Å². The molecule has 0 spiro atoms. The highest BCUT2D eigenvalue weighted by Gasteiger charge is 2.18. The lowest BCUT2D eigenvalue weighted by atomic mass is 10.1. The second kappa shape index (κ2) is 7.49. The standard InChI is InChI=1S/C16H19NO5/c1-3-12-6-4-5-11(2)15(12)17-14(18)10-22-16(19)13-9-20-7-8-21-13/h4-6,9H,3,7-8,10H2,1-2H3,(H,17,18). The van der Waals surface area contributed by atoms with Crippen LogP contribution in [0.15, 0.2) is 30.2 Å². The summed E-state index contributed by atoms with van der Waals surface area (Å²) < 4.78 is 14.9. The van der Waals surface area contributed by atoms with Gasteiger partial charge in [-0.1, -0.05) is 25.1 Å². The summed E-state index contributed by atoms with van der Waals surface area (Å²) in [4.78, 5) is 23.6. The number of aryl methyl sites for hydroxylation is 2. The molecule has 0 unspecified atom stereocenters. The smallest absolute Gasteiger partial charge is 0.377 e. The Labute approximate surface area is 129 Å². The summed E-state index contributed by atoms with van der Waals surface area (Å²) in [5.74, 6) is -1.13. The van der Waals surface area contributed by atoms with Crippen molar-refractivity contribution in [1.29, 1.82) is 0 Å². The number of esters is 1. The van der Waals surface area contributed by atoms with Gasteiger partial charge in [-0.25, -0.2) is 4.79 Å². The predicted molar refractivity (Wildman–Crippen MR) is 80.1 cm³/mol. The summed E-state index contributed by atoms with van der Waals surface area (Å²) in [6, 6.07) is 5.81. The quantitative estimate of drug-likeness (QED) is 0.841. The van der Waals surface area contributed by atoms with Crippen LogP contribution in [0.3, 0.4) is 0 Å². The van der Waals surface area contributed by atoms with Crippen LogP contribution in [0.1, 0.15) is 18.1 Å². The molecule has 1 aromatic rings. The summed E-state index contributed by atoms with van der Waals surface area (Å²) in [6.07, 6.45) is 2.00. The number of amides is 1. The zero-order valence-corrected chi connectivity index (χ0v) is 12.7. The topological polar surface area (TPSA) is 73.9 Å². The monoisotopic (exact) mass is 305 g/mol. The van der Waals surface area contributed by atoms with Gasteiger partial charge in [-0.2, -0.15) is 0 Å². The number of para-hydroxylation sites is 1. The van der Waals surface area contributed by atoms with Crippen molar-refractivity contribution in [2.24, 2.45) is 0 Å². The van der Waals surface area contributed by atoms with Crippen LogP contribution in [-0.2, 0) is 30.2 Å². The fraction of sp³-hybridized carbons (Fsp3) is 0.375. The molecule has 1 heterocycles. The van der Waals surface area contributed by atoms with Crippen molar-refractivity contribution >= 4 is 17.6 Å². The molecular formula is C16H19NO5. The lowest BCUT2D eigenvalue weighted by Gasteiger charge is -2.15. The van der Waals surface area contributed by atoms with Crippen molar-refractivity contribution in [2.45, 2.75) is 20.3 Å². The summed E-state index contributed by atoms with van der Waals surface area (Å²) >= 11 is 0. The van der Waals surface area contributed by atoms with E-state index in [4.69, 9.17) is 14.2 Å². The van der Waals surface area contributed by atoms with E-state index >= 15 is 0 Å². The van der Waals surface area contributed by atoms with Crippen LogP contribution in [0.2, 0.25) is 0 Å². The maximum atomic E-state index is 11.9. The summed E-state index contributed by atoms with van der Waals surface area (Å²) in [6.45, 7) is 4.23. The van der Waals surface area contributed by atoms with Gasteiger partial charge in [0.2, 0.25) is 5.76 Å². The van der Waals surface area contributed by atoms with Crippen LogP contribution in [0, 0.1) is 6.92 Å². The third kappa shape index (κ3) is 4.00. The van der Waals surface area contributed by atoms with E-state index in [1.807, 2.05) is 32.0 Å². The highest BCUT2D eigenvalue weighted by Crippen LogP contribution is 2.20. The molecule has 0 aromatic heterocycles. The van der Waals surface area contributed by atoms with Gasteiger partial charge in [-0.3, -0.25) is 4.79 Å². The van der Waals surface area contributed by atoms with Gasteiger partial charge < -0.3 is 19.5 Å². The van der Waals surface area contributed by atoms with Crippen LogP contribution in [-0.4, -0.2) is 31.7 Å². The second-order valence-corrected chi connectivity index (χ2v) is 4.79. The molecule has 1 aliphatic heterocycles. The van der Waals surface area contributed by atoms with Crippen LogP contribution in [0.5, 0.6) is 0 Å². The van der Waals surface area contributed by atoms with E-state index in [2.05, 4.69) is 5.32 Å². The van der Waals surface area contributed by atoms with Gasteiger partial charge in [-0.05, 0) is 24.5 Å². The molecule has 1 aliphatic rings. The van der Waals surface area contributed by atoms with Crippen molar-refractivity contribution in [3.63, 3.8) is 0 Å². The van der Waals surface area contributed by atoms with Crippen molar-refractivity contribution in [1.82, 2.24) is 0 Å². The van der Waals surface area contributed by atoms with Crippen LogP contribution in [0.4, 0.5) is 5.69 Å². The Balaban J connectivity index is 1.91. The molecule has 0 saturated heterocycles. The van der Waals surface area contributed by atoms with Gasteiger partial charge >= 0.3 is 5.97 Å². The maximum absolute atomic E-state index is 11.9. The number of carbonyl (C=O) groups is 2. The SMILES string of the molecule is CCc1cccc(C)c1NC(=O)COC(=O)C1=COCCO1. The summed E-state index contributed by atoms with van der Waals surface area (Å²) in [5, 5.41) is 2.78. The van der Waals surface area contributed by atoms with Crippen LogP contribution < -0.4 is 5.32 Å². The van der Waals surface area contributed by atoms with E-state index in [9.17, 15) is 9.59 Å². The first kappa shape index (κ1) is 15.9. The van der Waals surface area contributed by atoms with Crippen molar-refractivity contribution < 1.29 is 23.8 Å². The van der Waals surface area contributed by atoms with E-state index in [-0.39, 0.29) is 19.0 Å². The number of carbonyl (C=O) groups excluding carboxylic acids is 2. The molecule has 0 saturated carbocycles. The molecule has 1 aromatic carbocycles. The van der Waals surface area contributed by atoms with Gasteiger partial charge in [0, 0.05) is 5.69 Å². The first-order valence-electron chi connectivity index (χ1n) is 7.12. The van der Waals surface area contributed by atoms with E-state index < -0.39 is 11.9 Å². The average Bonchev–Trinajstić information content (AvgIpc) is 2.55. The van der Waals surface area contributed by atoms with E-state index in [1.165, 1.54) is 6.26 Å². The normalized spacial score (nSPS) is 13.5. The van der Waals surface area contributed by atoms with E-state index in [1.54, 1.807) is 0 Å². The van der Waals surface area contributed by atoms with Gasteiger partial charge in [0.05, 0.1) is 0 Å². The zero-order chi connectivity index (χ0) is 15.9. The minimum atomic E-state index is -0.713. The Morgan fingerprint density at radius 2 is 2.14 bits per heavy atom. The minimum Gasteiger partial charge on any atom is -0.493 e. The first-order chi connectivity index (χ1) is 10.6. The predicted octanol–water partition coefficient (Wildman–Crippen LogP) is 1.93. The zero-order valence-electron chi connectivity index (χ0n) is 12.7. The molecule has 22 heavy (non-hydrogen) atoms. The molecule has 6 heteroatoms. The average molecular weight is 305 g/mol. The van der Waals surface area contributed by atoms with Gasteiger partial charge in [0.15, 0.2) is 6.61 Å². The largest absolute Gasteiger partial charge is 0.493 e. The van der Waals surface area contributed by atoms with Gasteiger partial charge in [-0.15, -0.1) is 0 Å².